The third-order valence-corrected chi connectivity index (χ3v) is 3.45. The first-order valence-corrected chi connectivity index (χ1v) is 6.11. The summed E-state index contributed by atoms with van der Waals surface area (Å²) < 4.78 is 12.3. The molecule has 0 atom stereocenters. The van der Waals surface area contributed by atoms with Crippen LogP contribution >= 0.6 is 0 Å². The molecule has 1 aromatic carbocycles. The molecular formula is C15H17NO4. The highest BCUT2D eigenvalue weighted by Crippen LogP contribution is 2.33. The number of nitrogens with zero attached hydrogens (tertiary/aromatic N) is 1. The van der Waals surface area contributed by atoms with E-state index in [0.717, 1.165) is 11.3 Å². The first kappa shape index (κ1) is 14.0. The molecule has 0 aliphatic heterocycles. The maximum Gasteiger partial charge on any atom is 0.337 e. The standard InChI is InChI=1S/C15H17NO4/c1-9-11(15(17)18)8-12(16(9)2)10-5-6-13(19-3)14(7-10)20-4/h5-8H,1-4H3,(H,17,18). The van der Waals surface area contributed by atoms with Crippen LogP contribution in [0.3, 0.4) is 0 Å². The van der Waals surface area contributed by atoms with Crippen LogP contribution in [0.4, 0.5) is 0 Å². The van der Waals surface area contributed by atoms with Crippen LogP contribution in [-0.2, 0) is 7.05 Å². The highest BCUT2D eigenvalue weighted by molar-refractivity contribution is 5.91. The van der Waals surface area contributed by atoms with Crippen molar-refractivity contribution in [2.24, 2.45) is 7.05 Å². The van der Waals surface area contributed by atoms with Gasteiger partial charge in [-0.2, -0.15) is 0 Å². The van der Waals surface area contributed by atoms with Crippen LogP contribution < -0.4 is 9.47 Å². The maximum absolute atomic E-state index is 11.2. The van der Waals surface area contributed by atoms with Crippen molar-refractivity contribution < 1.29 is 19.4 Å². The fourth-order valence-corrected chi connectivity index (χ4v) is 2.19. The Hall–Kier alpha value is -2.43. The minimum Gasteiger partial charge on any atom is -0.493 e. The zero-order chi connectivity index (χ0) is 14.9. The SMILES string of the molecule is COc1ccc(-c2cc(C(=O)O)c(C)n2C)cc1OC. The van der Waals surface area contributed by atoms with Crippen LogP contribution in [0.25, 0.3) is 11.3 Å². The molecule has 0 bridgehead atoms. The van der Waals surface area contributed by atoms with Crippen LogP contribution in [0.1, 0.15) is 16.1 Å². The third-order valence-electron chi connectivity index (χ3n) is 3.45. The predicted molar refractivity (Wildman–Crippen MR) is 75.6 cm³/mol. The fourth-order valence-electron chi connectivity index (χ4n) is 2.19. The number of aromatic carboxylic acids is 1. The number of aromatic nitrogens is 1. The Morgan fingerprint density at radius 1 is 1.15 bits per heavy atom. The Kier molecular flexibility index (Phi) is 3.70. The van der Waals surface area contributed by atoms with Crippen molar-refractivity contribution in [3.63, 3.8) is 0 Å². The van der Waals surface area contributed by atoms with Gasteiger partial charge in [0.15, 0.2) is 11.5 Å². The van der Waals surface area contributed by atoms with Crippen molar-refractivity contribution in [3.8, 4) is 22.8 Å². The summed E-state index contributed by atoms with van der Waals surface area (Å²) in [5, 5.41) is 9.18. The third kappa shape index (κ3) is 2.22. The molecule has 0 amide bonds. The van der Waals surface area contributed by atoms with E-state index in [1.807, 2.05) is 23.7 Å². The molecule has 0 aliphatic rings. The summed E-state index contributed by atoms with van der Waals surface area (Å²) in [5.41, 5.74) is 2.71. The van der Waals surface area contributed by atoms with E-state index in [4.69, 9.17) is 9.47 Å². The van der Waals surface area contributed by atoms with Crippen molar-refractivity contribution in [2.45, 2.75) is 6.92 Å². The molecule has 0 saturated carbocycles. The lowest BCUT2D eigenvalue weighted by molar-refractivity contribution is 0.0696. The molecule has 0 aliphatic carbocycles. The van der Waals surface area contributed by atoms with E-state index in [1.165, 1.54) is 0 Å². The highest BCUT2D eigenvalue weighted by Gasteiger charge is 2.16. The van der Waals surface area contributed by atoms with E-state index in [2.05, 4.69) is 0 Å². The second-order valence-electron chi connectivity index (χ2n) is 4.46. The Bertz CT molecular complexity index is 658. The summed E-state index contributed by atoms with van der Waals surface area (Å²) in [6.45, 7) is 1.79. The lowest BCUT2D eigenvalue weighted by Gasteiger charge is -2.10. The zero-order valence-corrected chi connectivity index (χ0v) is 11.9. The minimum atomic E-state index is -0.926. The van der Waals surface area contributed by atoms with E-state index < -0.39 is 5.97 Å². The number of benzene rings is 1. The molecule has 0 unspecified atom stereocenters. The van der Waals surface area contributed by atoms with Gasteiger partial charge in [-0.3, -0.25) is 0 Å². The molecular weight excluding hydrogens is 258 g/mol. The van der Waals surface area contributed by atoms with Gasteiger partial charge in [0, 0.05) is 24.0 Å². The van der Waals surface area contributed by atoms with Gasteiger partial charge in [0.05, 0.1) is 19.8 Å². The summed E-state index contributed by atoms with van der Waals surface area (Å²) in [4.78, 5) is 11.2. The molecule has 5 heteroatoms. The first-order chi connectivity index (χ1) is 9.49. The smallest absolute Gasteiger partial charge is 0.337 e. The lowest BCUT2D eigenvalue weighted by atomic mass is 10.1. The Balaban J connectivity index is 2.57. The van der Waals surface area contributed by atoms with Gasteiger partial charge in [0.25, 0.3) is 0 Å². The number of rotatable bonds is 4. The summed E-state index contributed by atoms with van der Waals surface area (Å²) in [6.07, 6.45) is 0. The average Bonchev–Trinajstić information content (AvgIpc) is 2.74. The molecule has 5 nitrogen and oxygen atoms in total. The lowest BCUT2D eigenvalue weighted by Crippen LogP contribution is -1.99. The van der Waals surface area contributed by atoms with E-state index in [9.17, 15) is 9.90 Å². The summed E-state index contributed by atoms with van der Waals surface area (Å²) in [6, 6.07) is 7.18. The first-order valence-electron chi connectivity index (χ1n) is 6.11. The molecule has 2 aromatic rings. The van der Waals surface area contributed by atoms with Crippen molar-refractivity contribution in [3.05, 3.63) is 35.5 Å². The fraction of sp³-hybridized carbons (Fsp3) is 0.267. The highest BCUT2D eigenvalue weighted by atomic mass is 16.5. The van der Waals surface area contributed by atoms with Gasteiger partial charge >= 0.3 is 5.97 Å². The normalized spacial score (nSPS) is 10.4. The van der Waals surface area contributed by atoms with E-state index >= 15 is 0 Å². The Labute approximate surface area is 117 Å². The quantitative estimate of drug-likeness (QED) is 0.932. The molecule has 106 valence electrons. The van der Waals surface area contributed by atoms with Crippen LogP contribution in [0.15, 0.2) is 24.3 Å². The molecule has 0 spiro atoms. The zero-order valence-electron chi connectivity index (χ0n) is 11.9. The number of carbonyl (C=O) groups is 1. The predicted octanol–water partition coefficient (Wildman–Crippen LogP) is 2.72. The number of carboxylic acids is 1. The van der Waals surface area contributed by atoms with Gasteiger partial charge < -0.3 is 19.1 Å². The number of carboxylic acid groups (broad SMARTS) is 1. The van der Waals surface area contributed by atoms with Gasteiger partial charge in [-0.15, -0.1) is 0 Å². The number of ether oxygens (including phenoxy) is 2. The summed E-state index contributed by atoms with van der Waals surface area (Å²) in [5.74, 6) is 0.325. The van der Waals surface area contributed by atoms with Crippen molar-refractivity contribution in [2.75, 3.05) is 14.2 Å². The van der Waals surface area contributed by atoms with Gasteiger partial charge in [-0.25, -0.2) is 4.79 Å². The van der Waals surface area contributed by atoms with Crippen LogP contribution in [-0.4, -0.2) is 29.9 Å². The van der Waals surface area contributed by atoms with Gasteiger partial charge in [0.2, 0.25) is 0 Å². The molecule has 0 saturated heterocycles. The Morgan fingerprint density at radius 3 is 2.30 bits per heavy atom. The van der Waals surface area contributed by atoms with Crippen LogP contribution in [0, 0.1) is 6.92 Å². The van der Waals surface area contributed by atoms with Gasteiger partial charge in [-0.1, -0.05) is 0 Å². The van der Waals surface area contributed by atoms with E-state index in [-0.39, 0.29) is 0 Å². The van der Waals surface area contributed by atoms with Crippen molar-refractivity contribution >= 4 is 5.97 Å². The largest absolute Gasteiger partial charge is 0.493 e. The van der Waals surface area contributed by atoms with E-state index in [1.54, 1.807) is 33.3 Å². The average molecular weight is 275 g/mol. The second-order valence-corrected chi connectivity index (χ2v) is 4.46. The van der Waals surface area contributed by atoms with Gasteiger partial charge in [-0.05, 0) is 31.2 Å². The second kappa shape index (κ2) is 5.28. The van der Waals surface area contributed by atoms with E-state index in [0.29, 0.717) is 22.8 Å². The van der Waals surface area contributed by atoms with Crippen molar-refractivity contribution in [1.29, 1.82) is 0 Å². The van der Waals surface area contributed by atoms with Gasteiger partial charge in [0.1, 0.15) is 0 Å². The maximum atomic E-state index is 11.2. The van der Waals surface area contributed by atoms with Crippen LogP contribution in [0.2, 0.25) is 0 Å². The number of hydrogen-bond donors (Lipinski definition) is 1. The topological polar surface area (TPSA) is 60.7 Å². The molecule has 20 heavy (non-hydrogen) atoms. The number of hydrogen-bond acceptors (Lipinski definition) is 3. The summed E-state index contributed by atoms with van der Waals surface area (Å²) >= 11 is 0. The molecule has 1 aromatic heterocycles. The monoisotopic (exact) mass is 275 g/mol. The summed E-state index contributed by atoms with van der Waals surface area (Å²) in [7, 11) is 4.99. The molecule has 1 N–H and O–H groups in total. The molecule has 2 rings (SSSR count). The molecule has 0 radical (unpaired) electrons. The minimum absolute atomic E-state index is 0.303. The molecule has 1 heterocycles. The van der Waals surface area contributed by atoms with Crippen molar-refractivity contribution in [1.82, 2.24) is 4.57 Å². The Morgan fingerprint density at radius 2 is 1.80 bits per heavy atom. The van der Waals surface area contributed by atoms with Crippen LogP contribution in [0.5, 0.6) is 11.5 Å². The molecule has 0 fully saturated rings. The number of methoxy groups -OCH3 is 2.